The molecular formula is C27H36ClNO8. The average molecular weight is 538 g/mol. The van der Waals surface area contributed by atoms with Crippen LogP contribution in [0.1, 0.15) is 52.9 Å². The van der Waals surface area contributed by atoms with Crippen LogP contribution in [-0.2, 0) is 28.5 Å². The minimum Gasteiger partial charge on any atom is -0.433 e. The average Bonchev–Trinajstić information content (AvgIpc) is 3.35. The second kappa shape index (κ2) is 9.16. The molecule has 0 aromatic heterocycles. The molecule has 3 saturated carbocycles. The predicted octanol–water partition coefficient (Wildman–Crippen LogP) is 2.81. The second-order valence-electron chi connectivity index (χ2n) is 11.4. The van der Waals surface area contributed by atoms with Crippen molar-refractivity contribution in [3.05, 3.63) is 23.8 Å². The van der Waals surface area contributed by atoms with Crippen molar-refractivity contribution in [1.82, 2.24) is 0 Å². The number of fused-ring (bicyclic) bond motifs is 7. The van der Waals surface area contributed by atoms with Crippen LogP contribution in [0.5, 0.6) is 0 Å². The summed E-state index contributed by atoms with van der Waals surface area (Å²) in [6, 6.07) is 0. The molecule has 3 N–H and O–H groups in total. The summed E-state index contributed by atoms with van der Waals surface area (Å²) < 4.78 is 22.7. The summed E-state index contributed by atoms with van der Waals surface area (Å²) >= 11 is 7.49. The first-order chi connectivity index (χ1) is 17.5. The lowest BCUT2D eigenvalue weighted by Gasteiger charge is -2.64. The van der Waals surface area contributed by atoms with Gasteiger partial charge >= 0.3 is 6.16 Å². The van der Waals surface area contributed by atoms with Crippen molar-refractivity contribution in [2.45, 2.75) is 81.8 Å². The lowest BCUT2D eigenvalue weighted by atomic mass is 9.45. The quantitative estimate of drug-likeness (QED) is 0.387. The fraction of sp³-hybridized carbons (Fsp3) is 0.741. The summed E-state index contributed by atoms with van der Waals surface area (Å²) in [5.41, 5.74) is 3.37. The van der Waals surface area contributed by atoms with E-state index >= 15 is 0 Å². The molecule has 10 heteroatoms. The van der Waals surface area contributed by atoms with Gasteiger partial charge in [-0.05, 0) is 56.1 Å². The monoisotopic (exact) mass is 537 g/mol. The van der Waals surface area contributed by atoms with E-state index in [4.69, 9.17) is 36.3 Å². The van der Waals surface area contributed by atoms with Crippen molar-refractivity contribution in [1.29, 1.82) is 0 Å². The summed E-state index contributed by atoms with van der Waals surface area (Å²) in [7, 11) is 0. The van der Waals surface area contributed by atoms with Crippen LogP contribution in [0.15, 0.2) is 23.8 Å². The zero-order valence-electron chi connectivity index (χ0n) is 21.5. The molecule has 204 valence electrons. The fourth-order valence-corrected chi connectivity index (χ4v) is 8.65. The van der Waals surface area contributed by atoms with E-state index in [0.29, 0.717) is 25.7 Å². The number of aliphatic hydroxyl groups is 1. The second-order valence-corrected chi connectivity index (χ2v) is 12.0. The molecular weight excluding hydrogens is 502 g/mol. The number of alkyl halides is 1. The molecule has 5 rings (SSSR count). The van der Waals surface area contributed by atoms with E-state index in [-0.39, 0.29) is 37.2 Å². The Labute approximate surface area is 221 Å². The van der Waals surface area contributed by atoms with E-state index in [1.165, 1.54) is 6.08 Å². The van der Waals surface area contributed by atoms with Crippen molar-refractivity contribution >= 4 is 29.3 Å². The minimum absolute atomic E-state index is 0.0149. The Balaban J connectivity index is 1.50. The summed E-state index contributed by atoms with van der Waals surface area (Å²) in [5.74, 6) is -0.753. The summed E-state index contributed by atoms with van der Waals surface area (Å²) in [6.07, 6.45) is 4.51. The Hall–Kier alpha value is -1.78. The lowest BCUT2D eigenvalue weighted by molar-refractivity contribution is -0.196. The van der Waals surface area contributed by atoms with Gasteiger partial charge in [0.25, 0.3) is 0 Å². The molecule has 4 fully saturated rings. The Bertz CT molecular complexity index is 1060. The van der Waals surface area contributed by atoms with Crippen LogP contribution in [-0.4, -0.2) is 71.6 Å². The van der Waals surface area contributed by atoms with Crippen LogP contribution in [0, 0.1) is 22.7 Å². The van der Waals surface area contributed by atoms with E-state index in [0.717, 1.165) is 5.57 Å². The summed E-state index contributed by atoms with van der Waals surface area (Å²) in [4.78, 5) is 36.9. The Morgan fingerprint density at radius 1 is 1.27 bits per heavy atom. The first-order valence-corrected chi connectivity index (χ1v) is 13.5. The number of nitrogens with two attached hydrogens (primary N) is 1. The number of carbonyl (C=O) groups excluding carboxylic acids is 3. The third-order valence-corrected chi connectivity index (χ3v) is 10.8. The third-order valence-electron chi connectivity index (χ3n) is 9.84. The Kier molecular flexibility index (Phi) is 6.64. The molecule has 1 unspecified atom stereocenters. The number of ketones is 2. The van der Waals surface area contributed by atoms with Crippen LogP contribution in [0.2, 0.25) is 0 Å². The minimum atomic E-state index is -1.40. The van der Waals surface area contributed by atoms with Crippen molar-refractivity contribution in [3.63, 3.8) is 0 Å². The predicted molar refractivity (Wildman–Crippen MR) is 133 cm³/mol. The largest absolute Gasteiger partial charge is 0.508 e. The Morgan fingerprint density at radius 3 is 2.73 bits per heavy atom. The number of Topliss-reactive ketones (excluding diaryl/α,β-unsaturated/α-hetero) is 1. The van der Waals surface area contributed by atoms with Crippen LogP contribution >= 0.6 is 11.6 Å². The first-order valence-electron chi connectivity index (χ1n) is 13.1. The molecule has 0 spiro atoms. The van der Waals surface area contributed by atoms with Gasteiger partial charge in [-0.15, -0.1) is 11.6 Å². The Morgan fingerprint density at radius 2 is 2.03 bits per heavy atom. The van der Waals surface area contributed by atoms with Crippen LogP contribution in [0.4, 0.5) is 4.79 Å². The third kappa shape index (κ3) is 3.54. The van der Waals surface area contributed by atoms with Gasteiger partial charge in [0.1, 0.15) is 6.61 Å². The standard InChI is InChI=1S/C27H36ClNO8/c1-4-22-36-21-12-18-17-6-5-15-11-16(30)7-8-24(15,2)26(17,28)19(31)13-25(18,3)27(21,37-22)20(32)14-35-23(33)34-10-9-29/h7-8,11,17-19,21-22,31H,4-6,9-10,12-14,29H2,1-3H3/t17-,18-,19-,21-,22?,24-,25-,26-,27+/m0/s1. The molecule has 0 radical (unpaired) electrons. The molecule has 5 aliphatic rings. The van der Waals surface area contributed by atoms with Gasteiger partial charge in [0.2, 0.25) is 5.78 Å². The molecule has 4 aliphatic carbocycles. The molecule has 0 amide bonds. The number of hydrogen-bond acceptors (Lipinski definition) is 9. The smallest absolute Gasteiger partial charge is 0.433 e. The van der Waals surface area contributed by atoms with E-state index in [9.17, 15) is 19.5 Å². The van der Waals surface area contributed by atoms with Crippen molar-refractivity contribution in [3.8, 4) is 0 Å². The van der Waals surface area contributed by atoms with Gasteiger partial charge in [-0.1, -0.05) is 32.4 Å². The van der Waals surface area contributed by atoms with Gasteiger partial charge < -0.3 is 29.8 Å². The highest BCUT2D eigenvalue weighted by molar-refractivity contribution is 6.26. The SMILES string of the molecule is CCC1O[C@H]2C[C@H]3[C@@H]4CCC5=CC(=O)C=C[C@]5(C)[C@@]4(Cl)[C@@H](O)C[C@]3(C)[C@]2(C(=O)COC(=O)OCCN)O1. The number of allylic oxidation sites excluding steroid dienone is 4. The van der Waals surface area contributed by atoms with Crippen molar-refractivity contribution in [2.75, 3.05) is 19.8 Å². The fourth-order valence-electron chi connectivity index (χ4n) is 8.13. The molecule has 1 heterocycles. The maximum Gasteiger partial charge on any atom is 0.508 e. The van der Waals surface area contributed by atoms with E-state index in [1.807, 2.05) is 26.8 Å². The summed E-state index contributed by atoms with van der Waals surface area (Å²) in [5, 5.41) is 11.8. The maximum atomic E-state index is 13.9. The van der Waals surface area contributed by atoms with Crippen molar-refractivity contribution < 1.29 is 38.4 Å². The topological polar surface area (TPSA) is 134 Å². The lowest BCUT2D eigenvalue weighted by Crippen LogP contribution is -2.69. The molecule has 0 aromatic carbocycles. The number of halogens is 1. The van der Waals surface area contributed by atoms with Gasteiger partial charge in [-0.3, -0.25) is 9.59 Å². The molecule has 1 saturated heterocycles. The number of rotatable bonds is 6. The van der Waals surface area contributed by atoms with Gasteiger partial charge in [-0.2, -0.15) is 0 Å². The van der Waals surface area contributed by atoms with Gasteiger partial charge in [0.05, 0.1) is 17.1 Å². The number of hydrogen-bond donors (Lipinski definition) is 2. The molecule has 9 atom stereocenters. The maximum absolute atomic E-state index is 13.9. The number of carbonyl (C=O) groups is 3. The highest BCUT2D eigenvalue weighted by atomic mass is 35.5. The van der Waals surface area contributed by atoms with E-state index < -0.39 is 58.3 Å². The number of aliphatic hydroxyl groups excluding tert-OH is 1. The van der Waals surface area contributed by atoms with Crippen LogP contribution in [0.25, 0.3) is 0 Å². The van der Waals surface area contributed by atoms with E-state index in [2.05, 4.69) is 0 Å². The van der Waals surface area contributed by atoms with E-state index in [1.54, 1.807) is 6.08 Å². The molecule has 0 aromatic rings. The molecule has 9 nitrogen and oxygen atoms in total. The first kappa shape index (κ1) is 26.8. The van der Waals surface area contributed by atoms with Gasteiger partial charge in [0.15, 0.2) is 24.3 Å². The molecule has 37 heavy (non-hydrogen) atoms. The highest BCUT2D eigenvalue weighted by Gasteiger charge is 2.78. The molecule has 1 aliphatic heterocycles. The van der Waals surface area contributed by atoms with Crippen molar-refractivity contribution in [2.24, 2.45) is 28.4 Å². The van der Waals surface area contributed by atoms with Crippen LogP contribution < -0.4 is 5.73 Å². The zero-order valence-corrected chi connectivity index (χ0v) is 22.3. The highest BCUT2D eigenvalue weighted by Crippen LogP contribution is 2.72. The summed E-state index contributed by atoms with van der Waals surface area (Å²) in [6.45, 7) is 5.46. The van der Waals surface area contributed by atoms with Gasteiger partial charge in [0, 0.05) is 17.4 Å². The zero-order chi connectivity index (χ0) is 26.8. The normalized spacial score (nSPS) is 45.8. The van der Waals surface area contributed by atoms with Crippen LogP contribution in [0.3, 0.4) is 0 Å². The molecule has 0 bridgehead atoms. The number of ether oxygens (including phenoxy) is 4. The van der Waals surface area contributed by atoms with Gasteiger partial charge in [-0.25, -0.2) is 4.79 Å².